The van der Waals surface area contributed by atoms with Crippen molar-refractivity contribution in [3.63, 3.8) is 0 Å². The zero-order valence-electron chi connectivity index (χ0n) is 12.8. The Bertz CT molecular complexity index is 986. The van der Waals surface area contributed by atoms with Crippen molar-refractivity contribution in [1.82, 2.24) is 14.1 Å². The van der Waals surface area contributed by atoms with E-state index < -0.39 is 0 Å². The Balaban J connectivity index is 2.49. The Hall–Kier alpha value is -2.47. The molecule has 0 bridgehead atoms. The van der Waals surface area contributed by atoms with Crippen molar-refractivity contribution in [2.45, 2.75) is 13.5 Å². The molecule has 0 unspecified atom stereocenters. The van der Waals surface area contributed by atoms with Gasteiger partial charge in [-0.25, -0.2) is 4.98 Å². The molecule has 3 rings (SSSR count). The maximum absolute atomic E-state index is 12.7. The summed E-state index contributed by atoms with van der Waals surface area (Å²) in [5.41, 5.74) is 0.596. The van der Waals surface area contributed by atoms with Crippen LogP contribution in [0.3, 0.4) is 0 Å². The highest BCUT2D eigenvalue weighted by atomic mass is 16.5. The van der Waals surface area contributed by atoms with Crippen molar-refractivity contribution in [2.24, 2.45) is 7.05 Å². The van der Waals surface area contributed by atoms with E-state index in [1.165, 1.54) is 4.57 Å². The van der Waals surface area contributed by atoms with Gasteiger partial charge < -0.3 is 9.30 Å². The lowest BCUT2D eigenvalue weighted by molar-refractivity contribution is 0.185. The van der Waals surface area contributed by atoms with Gasteiger partial charge in [-0.3, -0.25) is 14.2 Å². The number of hydrogen-bond donors (Lipinski definition) is 0. The van der Waals surface area contributed by atoms with Crippen LogP contribution in [0.4, 0.5) is 0 Å². The molecule has 114 valence electrons. The molecule has 22 heavy (non-hydrogen) atoms. The van der Waals surface area contributed by atoms with Gasteiger partial charge in [-0.1, -0.05) is 12.1 Å². The molecule has 0 aliphatic carbocycles. The number of nitrogens with zero attached hydrogens (tertiary/aromatic N) is 3. The minimum absolute atomic E-state index is 0.128. The number of methoxy groups -OCH3 is 1. The van der Waals surface area contributed by atoms with Gasteiger partial charge in [0.15, 0.2) is 5.65 Å². The standard InChI is InChI=1S/C16H17N3O3/c1-10-17-15-13(16(21)19(10)8-9-22-3)14(20)11-6-4-5-7-12(11)18(15)2/h4-7H,8-9H2,1-3H3. The van der Waals surface area contributed by atoms with Crippen LogP contribution in [-0.2, 0) is 18.3 Å². The lowest BCUT2D eigenvalue weighted by atomic mass is 10.1. The lowest BCUT2D eigenvalue weighted by Gasteiger charge is -2.13. The van der Waals surface area contributed by atoms with Crippen LogP contribution in [-0.4, -0.2) is 27.8 Å². The molecule has 2 aromatic heterocycles. The summed E-state index contributed by atoms with van der Waals surface area (Å²) in [7, 11) is 3.39. The van der Waals surface area contributed by atoms with E-state index in [-0.39, 0.29) is 16.4 Å². The van der Waals surface area contributed by atoms with Crippen LogP contribution in [0.5, 0.6) is 0 Å². The molecule has 0 saturated heterocycles. The normalized spacial score (nSPS) is 11.4. The molecule has 6 heteroatoms. The highest BCUT2D eigenvalue weighted by molar-refractivity contribution is 5.91. The first-order chi connectivity index (χ1) is 10.6. The van der Waals surface area contributed by atoms with Crippen molar-refractivity contribution in [2.75, 3.05) is 13.7 Å². The predicted molar refractivity (Wildman–Crippen MR) is 85.4 cm³/mol. The molecular weight excluding hydrogens is 282 g/mol. The van der Waals surface area contributed by atoms with Gasteiger partial charge in [-0.15, -0.1) is 0 Å². The summed E-state index contributed by atoms with van der Waals surface area (Å²) in [6, 6.07) is 7.24. The van der Waals surface area contributed by atoms with Crippen LogP contribution in [0.1, 0.15) is 5.82 Å². The van der Waals surface area contributed by atoms with Crippen LogP contribution in [0.15, 0.2) is 33.9 Å². The molecule has 2 heterocycles. The fourth-order valence-corrected chi connectivity index (χ4v) is 2.74. The van der Waals surface area contributed by atoms with Crippen molar-refractivity contribution in [1.29, 1.82) is 0 Å². The van der Waals surface area contributed by atoms with Gasteiger partial charge in [-0.2, -0.15) is 0 Å². The van der Waals surface area contributed by atoms with Gasteiger partial charge >= 0.3 is 0 Å². The summed E-state index contributed by atoms with van der Waals surface area (Å²) in [5, 5.41) is 0.654. The molecule has 0 radical (unpaired) electrons. The van der Waals surface area contributed by atoms with Crippen molar-refractivity contribution >= 4 is 21.9 Å². The topological polar surface area (TPSA) is 66.1 Å². The van der Waals surface area contributed by atoms with E-state index in [0.29, 0.717) is 30.0 Å². The molecule has 0 saturated carbocycles. The summed E-state index contributed by atoms with van der Waals surface area (Å²) in [5.74, 6) is 0.569. The molecule has 6 nitrogen and oxygen atoms in total. The third-order valence-corrected chi connectivity index (χ3v) is 3.91. The summed E-state index contributed by atoms with van der Waals surface area (Å²) in [6.07, 6.45) is 0. The van der Waals surface area contributed by atoms with E-state index in [2.05, 4.69) is 4.98 Å². The Morgan fingerprint density at radius 1 is 1.23 bits per heavy atom. The highest BCUT2D eigenvalue weighted by Crippen LogP contribution is 2.14. The van der Waals surface area contributed by atoms with Crippen molar-refractivity contribution in [3.8, 4) is 0 Å². The van der Waals surface area contributed by atoms with Crippen LogP contribution in [0, 0.1) is 6.92 Å². The SMILES string of the molecule is COCCn1c(C)nc2c(c(=O)c3ccccc3n2C)c1=O. The van der Waals surface area contributed by atoms with Gasteiger partial charge in [0.05, 0.1) is 18.7 Å². The average molecular weight is 299 g/mol. The minimum Gasteiger partial charge on any atom is -0.383 e. The van der Waals surface area contributed by atoms with E-state index in [1.54, 1.807) is 30.7 Å². The van der Waals surface area contributed by atoms with Gasteiger partial charge in [0, 0.05) is 19.5 Å². The second kappa shape index (κ2) is 5.38. The van der Waals surface area contributed by atoms with E-state index in [9.17, 15) is 9.59 Å². The maximum Gasteiger partial charge on any atom is 0.267 e. The fraction of sp³-hybridized carbons (Fsp3) is 0.312. The van der Waals surface area contributed by atoms with E-state index in [0.717, 1.165) is 5.52 Å². The third-order valence-electron chi connectivity index (χ3n) is 3.91. The Labute approximate surface area is 126 Å². The molecule has 3 aromatic rings. The predicted octanol–water partition coefficient (Wildman–Crippen LogP) is 1.20. The first kappa shape index (κ1) is 14.5. The third kappa shape index (κ3) is 2.03. The molecule has 1 aromatic carbocycles. The van der Waals surface area contributed by atoms with Crippen molar-refractivity contribution in [3.05, 3.63) is 50.7 Å². The molecule has 0 aliphatic heterocycles. The molecule has 0 aliphatic rings. The summed E-state index contributed by atoms with van der Waals surface area (Å²) in [4.78, 5) is 29.9. The Morgan fingerprint density at radius 3 is 2.68 bits per heavy atom. The Kier molecular flexibility index (Phi) is 3.54. The molecule has 0 spiro atoms. The van der Waals surface area contributed by atoms with Crippen molar-refractivity contribution < 1.29 is 4.74 Å². The number of hydrogen-bond acceptors (Lipinski definition) is 4. The first-order valence-electron chi connectivity index (χ1n) is 7.04. The van der Waals surface area contributed by atoms with Crippen LogP contribution in [0.2, 0.25) is 0 Å². The monoisotopic (exact) mass is 299 g/mol. The zero-order valence-corrected chi connectivity index (χ0v) is 12.8. The molecular formula is C16H17N3O3. The van der Waals surface area contributed by atoms with Crippen LogP contribution >= 0.6 is 0 Å². The quantitative estimate of drug-likeness (QED) is 0.682. The Morgan fingerprint density at radius 2 is 1.95 bits per heavy atom. The van der Waals surface area contributed by atoms with E-state index in [1.807, 2.05) is 19.2 Å². The summed E-state index contributed by atoms with van der Waals surface area (Å²) >= 11 is 0. The molecule has 0 N–H and O–H groups in total. The number of benzene rings is 1. The maximum atomic E-state index is 12.7. The first-order valence-corrected chi connectivity index (χ1v) is 7.04. The molecule has 0 fully saturated rings. The smallest absolute Gasteiger partial charge is 0.267 e. The number of pyridine rings is 1. The molecule has 0 atom stereocenters. The second-order valence-electron chi connectivity index (χ2n) is 5.21. The van der Waals surface area contributed by atoms with E-state index >= 15 is 0 Å². The number of fused-ring (bicyclic) bond motifs is 2. The summed E-state index contributed by atoms with van der Waals surface area (Å²) < 4.78 is 8.30. The van der Waals surface area contributed by atoms with Gasteiger partial charge in [-0.05, 0) is 19.1 Å². The van der Waals surface area contributed by atoms with Gasteiger partial charge in [0.1, 0.15) is 11.2 Å². The summed E-state index contributed by atoms with van der Waals surface area (Å²) in [6.45, 7) is 2.53. The van der Waals surface area contributed by atoms with Crippen LogP contribution in [0.25, 0.3) is 21.9 Å². The number of ether oxygens (including phenoxy) is 1. The number of rotatable bonds is 3. The van der Waals surface area contributed by atoms with Crippen LogP contribution < -0.4 is 11.0 Å². The number of aromatic nitrogens is 3. The fourth-order valence-electron chi connectivity index (χ4n) is 2.74. The second-order valence-corrected chi connectivity index (χ2v) is 5.21. The largest absolute Gasteiger partial charge is 0.383 e. The zero-order chi connectivity index (χ0) is 15.9. The van der Waals surface area contributed by atoms with Gasteiger partial charge in [0.25, 0.3) is 5.56 Å². The highest BCUT2D eigenvalue weighted by Gasteiger charge is 2.16. The lowest BCUT2D eigenvalue weighted by Crippen LogP contribution is -2.30. The molecule has 0 amide bonds. The van der Waals surface area contributed by atoms with Gasteiger partial charge in [0.2, 0.25) is 5.43 Å². The number of para-hydroxylation sites is 1. The number of aryl methyl sites for hydroxylation is 2. The average Bonchev–Trinajstić information content (AvgIpc) is 2.52. The van der Waals surface area contributed by atoms with E-state index in [4.69, 9.17) is 4.74 Å². The minimum atomic E-state index is -0.314.